The number of carbonyl (C=O) groups excluding carboxylic acids is 2. The zero-order chi connectivity index (χ0) is 15.1. The van der Waals surface area contributed by atoms with Gasteiger partial charge in [0.2, 0.25) is 0 Å². The fourth-order valence-corrected chi connectivity index (χ4v) is 1.60. The molecule has 3 amide bonds. The van der Waals surface area contributed by atoms with E-state index in [-0.39, 0.29) is 12.1 Å². The molecule has 110 valence electrons. The molecule has 20 heavy (non-hydrogen) atoms. The SMILES string of the molecule is CCOC(=O)Nc1cccc(NC(=O)NC(C)C)c1C. The van der Waals surface area contributed by atoms with Crippen molar-refractivity contribution in [2.45, 2.75) is 33.7 Å². The third-order valence-electron chi connectivity index (χ3n) is 2.51. The lowest BCUT2D eigenvalue weighted by atomic mass is 10.1. The topological polar surface area (TPSA) is 79.5 Å². The number of anilines is 2. The first-order chi connectivity index (χ1) is 9.43. The monoisotopic (exact) mass is 279 g/mol. The number of hydrogen-bond donors (Lipinski definition) is 3. The van der Waals surface area contributed by atoms with E-state index in [1.54, 1.807) is 25.1 Å². The van der Waals surface area contributed by atoms with E-state index >= 15 is 0 Å². The molecule has 0 spiro atoms. The quantitative estimate of drug-likeness (QED) is 0.792. The van der Waals surface area contributed by atoms with Crippen molar-refractivity contribution in [2.24, 2.45) is 0 Å². The molecule has 6 heteroatoms. The van der Waals surface area contributed by atoms with E-state index in [4.69, 9.17) is 4.74 Å². The first-order valence-corrected chi connectivity index (χ1v) is 6.55. The number of ether oxygens (including phenoxy) is 1. The summed E-state index contributed by atoms with van der Waals surface area (Å²) in [5, 5.41) is 8.11. The highest BCUT2D eigenvalue weighted by atomic mass is 16.5. The highest BCUT2D eigenvalue weighted by Gasteiger charge is 2.10. The van der Waals surface area contributed by atoms with Crippen molar-refractivity contribution in [3.63, 3.8) is 0 Å². The van der Waals surface area contributed by atoms with E-state index in [2.05, 4.69) is 16.0 Å². The van der Waals surface area contributed by atoms with Crippen LogP contribution in [0.25, 0.3) is 0 Å². The lowest BCUT2D eigenvalue weighted by Gasteiger charge is -2.14. The summed E-state index contributed by atoms with van der Waals surface area (Å²) in [6.45, 7) is 7.61. The van der Waals surface area contributed by atoms with Crippen molar-refractivity contribution in [1.82, 2.24) is 5.32 Å². The van der Waals surface area contributed by atoms with E-state index < -0.39 is 6.09 Å². The summed E-state index contributed by atoms with van der Waals surface area (Å²) in [6.07, 6.45) is -0.514. The van der Waals surface area contributed by atoms with Gasteiger partial charge in [-0.3, -0.25) is 5.32 Å². The van der Waals surface area contributed by atoms with Crippen molar-refractivity contribution in [3.05, 3.63) is 23.8 Å². The minimum absolute atomic E-state index is 0.0520. The molecule has 0 saturated carbocycles. The summed E-state index contributed by atoms with van der Waals surface area (Å²) in [6, 6.07) is 5.04. The summed E-state index contributed by atoms with van der Waals surface area (Å²) >= 11 is 0. The molecule has 0 atom stereocenters. The largest absolute Gasteiger partial charge is 0.450 e. The van der Waals surface area contributed by atoms with Crippen LogP contribution in [0.4, 0.5) is 21.0 Å². The number of benzene rings is 1. The standard InChI is InChI=1S/C14H21N3O3/c1-5-20-14(19)17-12-8-6-7-11(10(12)4)16-13(18)15-9(2)3/h6-9H,5H2,1-4H3,(H,17,19)(H2,15,16,18). The Morgan fingerprint density at radius 3 is 2.35 bits per heavy atom. The van der Waals surface area contributed by atoms with Gasteiger partial charge >= 0.3 is 12.1 Å². The Morgan fingerprint density at radius 2 is 1.80 bits per heavy atom. The predicted molar refractivity (Wildman–Crippen MR) is 79.1 cm³/mol. The molecule has 0 unspecified atom stereocenters. The predicted octanol–water partition coefficient (Wildman–Crippen LogP) is 3.09. The molecule has 0 saturated heterocycles. The summed E-state index contributed by atoms with van der Waals surface area (Å²) in [5.74, 6) is 0. The zero-order valence-electron chi connectivity index (χ0n) is 12.2. The third kappa shape index (κ3) is 4.79. The van der Waals surface area contributed by atoms with Crippen LogP contribution in [0.3, 0.4) is 0 Å². The highest BCUT2D eigenvalue weighted by molar-refractivity contribution is 5.93. The Kier molecular flexibility index (Phi) is 5.83. The Balaban J connectivity index is 2.79. The maximum atomic E-state index is 11.7. The highest BCUT2D eigenvalue weighted by Crippen LogP contribution is 2.23. The van der Waals surface area contributed by atoms with E-state index in [1.165, 1.54) is 0 Å². The van der Waals surface area contributed by atoms with Crippen LogP contribution >= 0.6 is 0 Å². The fourth-order valence-electron chi connectivity index (χ4n) is 1.60. The molecular weight excluding hydrogens is 258 g/mol. The van der Waals surface area contributed by atoms with E-state index in [1.807, 2.05) is 20.8 Å². The van der Waals surface area contributed by atoms with Crippen LogP contribution in [0.1, 0.15) is 26.3 Å². The van der Waals surface area contributed by atoms with Gasteiger partial charge in [-0.1, -0.05) is 6.07 Å². The molecule has 6 nitrogen and oxygen atoms in total. The molecule has 0 aliphatic heterocycles. The maximum Gasteiger partial charge on any atom is 0.411 e. The number of hydrogen-bond acceptors (Lipinski definition) is 3. The lowest BCUT2D eigenvalue weighted by Crippen LogP contribution is -2.34. The summed E-state index contributed by atoms with van der Waals surface area (Å²) < 4.78 is 4.82. The minimum atomic E-state index is -0.514. The Hall–Kier alpha value is -2.24. The molecule has 1 aromatic carbocycles. The lowest BCUT2D eigenvalue weighted by molar-refractivity contribution is 0.168. The molecule has 0 aliphatic rings. The van der Waals surface area contributed by atoms with Gasteiger partial charge in [0.25, 0.3) is 0 Å². The molecule has 0 radical (unpaired) electrons. The molecular formula is C14H21N3O3. The van der Waals surface area contributed by atoms with Gasteiger partial charge in [-0.15, -0.1) is 0 Å². The second-order valence-electron chi connectivity index (χ2n) is 4.58. The summed E-state index contributed by atoms with van der Waals surface area (Å²) in [7, 11) is 0. The smallest absolute Gasteiger partial charge is 0.411 e. The van der Waals surface area contributed by atoms with Gasteiger partial charge in [-0.05, 0) is 45.4 Å². The van der Waals surface area contributed by atoms with Crippen LogP contribution in [-0.2, 0) is 4.74 Å². The normalized spacial score (nSPS) is 10.1. The van der Waals surface area contributed by atoms with E-state index in [9.17, 15) is 9.59 Å². The van der Waals surface area contributed by atoms with Crippen LogP contribution < -0.4 is 16.0 Å². The van der Waals surface area contributed by atoms with Crippen molar-refractivity contribution >= 4 is 23.5 Å². The molecule has 1 aromatic rings. The fraction of sp³-hybridized carbons (Fsp3) is 0.429. The third-order valence-corrected chi connectivity index (χ3v) is 2.51. The number of amides is 3. The number of rotatable bonds is 4. The van der Waals surface area contributed by atoms with Crippen molar-refractivity contribution < 1.29 is 14.3 Å². The second-order valence-corrected chi connectivity index (χ2v) is 4.58. The van der Waals surface area contributed by atoms with E-state index in [0.717, 1.165) is 5.56 Å². The molecule has 1 rings (SSSR count). The number of urea groups is 1. The molecule has 0 aromatic heterocycles. The molecule has 0 aliphatic carbocycles. The van der Waals surface area contributed by atoms with Gasteiger partial charge in [0.15, 0.2) is 0 Å². The Bertz CT molecular complexity index is 487. The maximum absolute atomic E-state index is 11.7. The van der Waals surface area contributed by atoms with Gasteiger partial charge in [-0.25, -0.2) is 9.59 Å². The van der Waals surface area contributed by atoms with Gasteiger partial charge < -0.3 is 15.4 Å². The van der Waals surface area contributed by atoms with Gasteiger partial charge in [0, 0.05) is 17.4 Å². The Morgan fingerprint density at radius 1 is 1.20 bits per heavy atom. The molecule has 0 fully saturated rings. The van der Waals surface area contributed by atoms with Gasteiger partial charge in [0.1, 0.15) is 0 Å². The second kappa shape index (κ2) is 7.37. The first-order valence-electron chi connectivity index (χ1n) is 6.55. The summed E-state index contributed by atoms with van der Waals surface area (Å²) in [5.41, 5.74) is 2.00. The van der Waals surface area contributed by atoms with Gasteiger partial charge in [0.05, 0.1) is 6.61 Å². The summed E-state index contributed by atoms with van der Waals surface area (Å²) in [4.78, 5) is 23.1. The molecule has 0 heterocycles. The number of carbonyl (C=O) groups is 2. The number of nitrogens with one attached hydrogen (secondary N) is 3. The van der Waals surface area contributed by atoms with Gasteiger partial charge in [-0.2, -0.15) is 0 Å². The zero-order valence-corrected chi connectivity index (χ0v) is 12.2. The van der Waals surface area contributed by atoms with Crippen LogP contribution in [0.5, 0.6) is 0 Å². The van der Waals surface area contributed by atoms with Crippen molar-refractivity contribution in [3.8, 4) is 0 Å². The van der Waals surface area contributed by atoms with Crippen LogP contribution in [-0.4, -0.2) is 24.8 Å². The molecule has 3 N–H and O–H groups in total. The van der Waals surface area contributed by atoms with E-state index in [0.29, 0.717) is 18.0 Å². The van der Waals surface area contributed by atoms with Crippen LogP contribution in [0.15, 0.2) is 18.2 Å². The van der Waals surface area contributed by atoms with Crippen molar-refractivity contribution in [1.29, 1.82) is 0 Å². The average molecular weight is 279 g/mol. The Labute approximate surface area is 118 Å². The minimum Gasteiger partial charge on any atom is -0.450 e. The van der Waals surface area contributed by atoms with Crippen LogP contribution in [0.2, 0.25) is 0 Å². The van der Waals surface area contributed by atoms with Crippen molar-refractivity contribution in [2.75, 3.05) is 17.2 Å². The van der Waals surface area contributed by atoms with Crippen LogP contribution in [0, 0.1) is 6.92 Å². The molecule has 0 bridgehead atoms. The first kappa shape index (κ1) is 15.8. The average Bonchev–Trinajstić information content (AvgIpc) is 2.33.